The summed E-state index contributed by atoms with van der Waals surface area (Å²) in [4.78, 5) is 39.1. The second-order valence-electron chi connectivity index (χ2n) is 16.6. The van der Waals surface area contributed by atoms with E-state index in [0.29, 0.717) is 50.4 Å². The van der Waals surface area contributed by atoms with Crippen molar-refractivity contribution in [2.45, 2.75) is 118 Å². The molecule has 0 unspecified atom stereocenters. The highest BCUT2D eigenvalue weighted by molar-refractivity contribution is 5.77. The summed E-state index contributed by atoms with van der Waals surface area (Å²) in [6.45, 7) is 20.0. The summed E-state index contributed by atoms with van der Waals surface area (Å²) in [5.74, 6) is -0.221. The second-order valence-corrected chi connectivity index (χ2v) is 16.6. The van der Waals surface area contributed by atoms with Gasteiger partial charge in [-0.3, -0.25) is 14.4 Å². The Balaban J connectivity index is 1.57. The third kappa shape index (κ3) is 5.63. The van der Waals surface area contributed by atoms with Crippen LogP contribution in [0.2, 0.25) is 0 Å². The molecular weight excluding hydrogens is 560 g/mol. The molecule has 0 spiro atoms. The minimum absolute atomic E-state index is 0.0415. The maximum absolute atomic E-state index is 13.9. The molecule has 0 aromatic heterocycles. The van der Waals surface area contributed by atoms with Crippen molar-refractivity contribution in [3.63, 3.8) is 0 Å². The van der Waals surface area contributed by atoms with Crippen molar-refractivity contribution in [3.05, 3.63) is 47.6 Å². The fraction of sp³-hybridized carbons (Fsp3) is 0.725. The van der Waals surface area contributed by atoms with Crippen LogP contribution in [0.4, 0.5) is 0 Å². The lowest BCUT2D eigenvalue weighted by Crippen LogP contribution is -2.55. The lowest BCUT2D eigenvalue weighted by molar-refractivity contribution is -0.166. The maximum atomic E-state index is 13.9. The molecule has 2 N–H and O–H groups in total. The first-order valence-corrected chi connectivity index (χ1v) is 17.8. The topological polar surface area (TPSA) is 91.7 Å². The number of aliphatic carboxylic acids is 2. The lowest BCUT2D eigenvalue weighted by Gasteiger charge is -2.59. The van der Waals surface area contributed by atoms with Crippen LogP contribution in [0.3, 0.4) is 0 Å². The van der Waals surface area contributed by atoms with Crippen LogP contribution in [0.5, 0.6) is 0 Å². The minimum Gasteiger partial charge on any atom is -0.481 e. The number of carbonyl (C=O) groups excluding carboxylic acids is 1. The summed E-state index contributed by atoms with van der Waals surface area (Å²) in [5.41, 5.74) is 2.41. The molecule has 0 bridgehead atoms. The van der Waals surface area contributed by atoms with Gasteiger partial charge in [-0.2, -0.15) is 0 Å². The van der Waals surface area contributed by atoms with Crippen molar-refractivity contribution in [1.29, 1.82) is 0 Å². The Labute approximate surface area is 271 Å². The molecule has 248 valence electrons. The van der Waals surface area contributed by atoms with E-state index in [9.17, 15) is 24.6 Å². The molecule has 5 rings (SSSR count). The third-order valence-electron chi connectivity index (χ3n) is 14.3. The van der Waals surface area contributed by atoms with Gasteiger partial charge in [-0.15, -0.1) is 0 Å². The normalized spacial score (nSPS) is 42.4. The first kappa shape index (κ1) is 33.9. The first-order valence-electron chi connectivity index (χ1n) is 17.8. The van der Waals surface area contributed by atoms with Crippen molar-refractivity contribution in [1.82, 2.24) is 0 Å². The molecule has 0 aromatic carbocycles. The molecule has 3 fully saturated rings. The Bertz CT molecular complexity index is 1290. The summed E-state index contributed by atoms with van der Waals surface area (Å²) in [5, 5.41) is 21.8. The van der Waals surface area contributed by atoms with E-state index in [0.717, 1.165) is 62.4 Å². The molecule has 5 aliphatic carbocycles. The van der Waals surface area contributed by atoms with Crippen LogP contribution in [-0.2, 0) is 14.4 Å². The standard InChI is InChI=1S/C40H58O5/c1-24(2)30-15-10-25(3)31-17-20-40(37(44)45)29(14-12-28(23-41)21-32(30)31)13-9-27(5)34(40)22-33-26(4)11-16-35-38(33,6)18-8-19-39(35,7)36(42)43/h9,21,23-24,29-35H,3-4,8,10-20,22H2,1-2,5-7H3,(H,42,43)(H,44,45)/t29-,30-,31-,32-,33+,34+,35-,38-,39-,40-/m0/s1. The number of hydrogen-bond acceptors (Lipinski definition) is 3. The van der Waals surface area contributed by atoms with E-state index in [1.165, 1.54) is 11.1 Å². The Morgan fingerprint density at radius 3 is 2.31 bits per heavy atom. The number of hydrogen-bond donors (Lipinski definition) is 2. The Morgan fingerprint density at radius 2 is 1.67 bits per heavy atom. The summed E-state index contributed by atoms with van der Waals surface area (Å²) >= 11 is 0. The average Bonchev–Trinajstić information content (AvgIpc) is 2.97. The van der Waals surface area contributed by atoms with Crippen LogP contribution in [0, 0.1) is 63.6 Å². The zero-order valence-electron chi connectivity index (χ0n) is 28.6. The monoisotopic (exact) mass is 618 g/mol. The van der Waals surface area contributed by atoms with Gasteiger partial charge in [0, 0.05) is 0 Å². The lowest BCUT2D eigenvalue weighted by atomic mass is 9.44. The zero-order chi connectivity index (χ0) is 32.9. The van der Waals surface area contributed by atoms with Gasteiger partial charge < -0.3 is 10.2 Å². The van der Waals surface area contributed by atoms with Gasteiger partial charge >= 0.3 is 11.9 Å². The van der Waals surface area contributed by atoms with Gasteiger partial charge in [-0.1, -0.05) is 69.2 Å². The molecule has 5 aliphatic rings. The fourth-order valence-electron chi connectivity index (χ4n) is 11.7. The SMILES string of the molecule is C=C1CC[C@H]2[C@@](C)(CCC[C@]2(C)C(=O)O)[C@@H]1C[C@@H]1C(C)=CC[C@H]2CCC(C=O)=C[C@@H]3[C@@H](CC[C@]21C(=O)O)C(=C)CC[C@H]3C(C)C. The average molecular weight is 619 g/mol. The summed E-state index contributed by atoms with van der Waals surface area (Å²) in [7, 11) is 0. The highest BCUT2D eigenvalue weighted by Gasteiger charge is 2.60. The van der Waals surface area contributed by atoms with Crippen molar-refractivity contribution < 1.29 is 24.6 Å². The molecule has 0 aromatic rings. The number of carboxylic acid groups (broad SMARTS) is 2. The van der Waals surface area contributed by atoms with Crippen LogP contribution < -0.4 is 0 Å². The van der Waals surface area contributed by atoms with Gasteiger partial charge in [0.15, 0.2) is 0 Å². The van der Waals surface area contributed by atoms with Gasteiger partial charge in [0.1, 0.15) is 6.29 Å². The van der Waals surface area contributed by atoms with Gasteiger partial charge in [-0.05, 0) is 149 Å². The van der Waals surface area contributed by atoms with Crippen LogP contribution in [0.15, 0.2) is 47.6 Å². The van der Waals surface area contributed by atoms with Crippen LogP contribution in [0.25, 0.3) is 0 Å². The second kappa shape index (κ2) is 12.6. The Morgan fingerprint density at radius 1 is 0.956 bits per heavy atom. The smallest absolute Gasteiger partial charge is 0.310 e. The zero-order valence-corrected chi connectivity index (χ0v) is 28.6. The quantitative estimate of drug-likeness (QED) is 0.229. The van der Waals surface area contributed by atoms with E-state index >= 15 is 0 Å². The van der Waals surface area contributed by atoms with Gasteiger partial charge in [-0.25, -0.2) is 0 Å². The van der Waals surface area contributed by atoms with Crippen molar-refractivity contribution in [3.8, 4) is 0 Å². The van der Waals surface area contributed by atoms with Crippen LogP contribution in [-0.4, -0.2) is 28.4 Å². The first-order chi connectivity index (χ1) is 21.2. The number of carbonyl (C=O) groups is 3. The molecule has 5 heteroatoms. The van der Waals surface area contributed by atoms with Crippen molar-refractivity contribution >= 4 is 18.2 Å². The Kier molecular flexibility index (Phi) is 9.53. The molecule has 0 aliphatic heterocycles. The molecule has 3 saturated carbocycles. The molecule has 0 saturated heterocycles. The van der Waals surface area contributed by atoms with Crippen LogP contribution >= 0.6 is 0 Å². The third-order valence-corrected chi connectivity index (χ3v) is 14.3. The highest BCUT2D eigenvalue weighted by Crippen LogP contribution is 2.64. The summed E-state index contributed by atoms with van der Waals surface area (Å²) in [6.07, 6.45) is 15.8. The highest BCUT2D eigenvalue weighted by atomic mass is 16.4. The van der Waals surface area contributed by atoms with E-state index in [1.54, 1.807) is 0 Å². The molecule has 5 nitrogen and oxygen atoms in total. The number of carboxylic acids is 2. The van der Waals surface area contributed by atoms with Gasteiger partial charge in [0.05, 0.1) is 10.8 Å². The van der Waals surface area contributed by atoms with Gasteiger partial charge in [0.2, 0.25) is 0 Å². The Hall–Kier alpha value is -2.43. The molecule has 10 atom stereocenters. The van der Waals surface area contributed by atoms with Crippen LogP contribution in [0.1, 0.15) is 118 Å². The summed E-state index contributed by atoms with van der Waals surface area (Å²) in [6, 6.07) is 0. The fourth-order valence-corrected chi connectivity index (χ4v) is 11.7. The minimum atomic E-state index is -0.950. The van der Waals surface area contributed by atoms with E-state index < -0.39 is 22.8 Å². The van der Waals surface area contributed by atoms with Crippen molar-refractivity contribution in [2.24, 2.45) is 63.6 Å². The number of fused-ring (bicyclic) bond motifs is 3. The molecular formula is C40H58O5. The predicted octanol–water partition coefficient (Wildman–Crippen LogP) is 9.45. The molecule has 45 heavy (non-hydrogen) atoms. The molecule has 0 amide bonds. The molecule has 0 heterocycles. The maximum Gasteiger partial charge on any atom is 0.310 e. The summed E-state index contributed by atoms with van der Waals surface area (Å²) < 4.78 is 0. The van der Waals surface area contributed by atoms with E-state index in [-0.39, 0.29) is 40.9 Å². The van der Waals surface area contributed by atoms with E-state index in [4.69, 9.17) is 0 Å². The number of allylic oxidation sites excluding steroid dienone is 6. The predicted molar refractivity (Wildman–Crippen MR) is 179 cm³/mol. The number of aldehydes is 1. The largest absolute Gasteiger partial charge is 0.481 e. The van der Waals surface area contributed by atoms with E-state index in [2.05, 4.69) is 53.0 Å². The molecule has 0 radical (unpaired) electrons. The van der Waals surface area contributed by atoms with Gasteiger partial charge in [0.25, 0.3) is 0 Å². The van der Waals surface area contributed by atoms with Crippen molar-refractivity contribution in [2.75, 3.05) is 0 Å². The van der Waals surface area contributed by atoms with E-state index in [1.807, 2.05) is 6.92 Å². The number of rotatable bonds is 6.